The van der Waals surface area contributed by atoms with Crippen LogP contribution in [0.1, 0.15) is 30.6 Å². The van der Waals surface area contributed by atoms with Crippen LogP contribution in [0, 0.1) is 0 Å². The largest absolute Gasteiger partial charge is 0.490 e. The molecule has 6 nitrogen and oxygen atoms in total. The van der Waals surface area contributed by atoms with E-state index in [0.717, 1.165) is 6.42 Å². The highest BCUT2D eigenvalue weighted by Crippen LogP contribution is 2.37. The second kappa shape index (κ2) is 7.61. The number of nitrogens with zero attached hydrogens (tertiary/aromatic N) is 1. The lowest BCUT2D eigenvalue weighted by atomic mass is 10.2. The Morgan fingerprint density at radius 1 is 1.24 bits per heavy atom. The molecule has 0 unspecified atom stereocenters. The number of aromatic nitrogens is 1. The maximum absolute atomic E-state index is 12.4. The van der Waals surface area contributed by atoms with Gasteiger partial charge in [-0.15, -0.1) is 0 Å². The first-order valence-electron chi connectivity index (χ1n) is 8.06. The summed E-state index contributed by atoms with van der Waals surface area (Å²) in [5, 5.41) is 3.15. The number of amides is 1. The summed E-state index contributed by atoms with van der Waals surface area (Å²) in [6.45, 7) is 4.96. The van der Waals surface area contributed by atoms with Crippen LogP contribution in [0.4, 0.5) is 5.69 Å². The summed E-state index contributed by atoms with van der Waals surface area (Å²) in [6, 6.07) is 6.63. The first-order valence-corrected chi connectivity index (χ1v) is 8.44. The van der Waals surface area contributed by atoms with Crippen LogP contribution >= 0.6 is 11.6 Å². The number of carbonyl (C=O) groups is 1. The maximum Gasteiger partial charge on any atom is 0.257 e. The highest BCUT2D eigenvalue weighted by Gasteiger charge is 2.16. The minimum atomic E-state index is -0.319. The number of nitrogens with one attached hydrogen (secondary N) is 1. The predicted octanol–water partition coefficient (Wildman–Crippen LogP) is 3.94. The van der Waals surface area contributed by atoms with Crippen LogP contribution in [-0.2, 0) is 0 Å². The Labute approximate surface area is 151 Å². The summed E-state index contributed by atoms with van der Waals surface area (Å²) >= 11 is 6.24. The van der Waals surface area contributed by atoms with Gasteiger partial charge in [-0.3, -0.25) is 4.79 Å². The van der Waals surface area contributed by atoms with E-state index in [1.54, 1.807) is 24.3 Å². The Bertz CT molecular complexity index is 762. The molecule has 0 radical (unpaired) electrons. The summed E-state index contributed by atoms with van der Waals surface area (Å²) in [6.07, 6.45) is 2.28. The second-order valence-corrected chi connectivity index (χ2v) is 6.24. The first-order chi connectivity index (χ1) is 12.0. The normalized spacial score (nSPS) is 13.3. The lowest BCUT2D eigenvalue weighted by Crippen LogP contribution is -2.13. The van der Waals surface area contributed by atoms with E-state index in [4.69, 9.17) is 25.8 Å². The van der Waals surface area contributed by atoms with Crippen LogP contribution in [-0.4, -0.2) is 30.2 Å². The van der Waals surface area contributed by atoms with E-state index in [1.807, 2.05) is 13.8 Å². The molecule has 0 atom stereocenters. The summed E-state index contributed by atoms with van der Waals surface area (Å²) in [5.41, 5.74) is 0.859. The molecule has 7 heteroatoms. The third-order valence-corrected chi connectivity index (χ3v) is 3.75. The molecule has 1 aliphatic rings. The number of pyridine rings is 1. The Morgan fingerprint density at radius 3 is 2.60 bits per heavy atom. The zero-order valence-electron chi connectivity index (χ0n) is 14.0. The standard InChI is InChI=1S/C18H19ClN2O4/c1-11(2)25-17-5-4-12(10-20-17)18(22)21-14-9-16-15(8-13(14)19)23-6-3-7-24-16/h4-5,8-11H,3,6-7H2,1-2H3,(H,21,22). The number of hydrogen-bond acceptors (Lipinski definition) is 5. The molecule has 2 aromatic rings. The molecule has 2 heterocycles. The number of carbonyl (C=O) groups excluding carboxylic acids is 1. The van der Waals surface area contributed by atoms with Crippen LogP contribution in [0.25, 0.3) is 0 Å². The molecule has 3 rings (SSSR count). The lowest BCUT2D eigenvalue weighted by Gasteiger charge is -2.13. The van der Waals surface area contributed by atoms with Crippen LogP contribution < -0.4 is 19.5 Å². The molecule has 25 heavy (non-hydrogen) atoms. The molecule has 0 bridgehead atoms. The second-order valence-electron chi connectivity index (χ2n) is 5.84. The molecule has 132 valence electrons. The van der Waals surface area contributed by atoms with Crippen molar-refractivity contribution in [3.63, 3.8) is 0 Å². The summed E-state index contributed by atoms with van der Waals surface area (Å²) in [4.78, 5) is 16.5. The van der Waals surface area contributed by atoms with Crippen molar-refractivity contribution in [2.75, 3.05) is 18.5 Å². The minimum absolute atomic E-state index is 0.0211. The average molecular weight is 363 g/mol. The van der Waals surface area contributed by atoms with Crippen LogP contribution in [0.15, 0.2) is 30.5 Å². The number of anilines is 1. The molecule has 1 aromatic carbocycles. The molecule has 1 aliphatic heterocycles. The van der Waals surface area contributed by atoms with Gasteiger partial charge >= 0.3 is 0 Å². The number of rotatable bonds is 4. The predicted molar refractivity (Wildman–Crippen MR) is 95.0 cm³/mol. The van der Waals surface area contributed by atoms with Gasteiger partial charge in [-0.25, -0.2) is 4.98 Å². The zero-order valence-corrected chi connectivity index (χ0v) is 14.8. The van der Waals surface area contributed by atoms with Gasteiger partial charge in [-0.1, -0.05) is 11.6 Å². The minimum Gasteiger partial charge on any atom is -0.490 e. The van der Waals surface area contributed by atoms with E-state index in [0.29, 0.717) is 46.9 Å². The molecule has 0 fully saturated rings. The van der Waals surface area contributed by atoms with Gasteiger partial charge in [0.15, 0.2) is 11.5 Å². The van der Waals surface area contributed by atoms with Crippen LogP contribution in [0.5, 0.6) is 17.4 Å². The Kier molecular flexibility index (Phi) is 5.28. The molecule has 0 aliphatic carbocycles. The van der Waals surface area contributed by atoms with E-state index in [9.17, 15) is 4.79 Å². The van der Waals surface area contributed by atoms with Gasteiger partial charge in [-0.05, 0) is 19.9 Å². The van der Waals surface area contributed by atoms with E-state index >= 15 is 0 Å². The Balaban J connectivity index is 1.75. The van der Waals surface area contributed by atoms with Crippen molar-refractivity contribution < 1.29 is 19.0 Å². The van der Waals surface area contributed by atoms with E-state index in [1.165, 1.54) is 6.20 Å². The summed E-state index contributed by atoms with van der Waals surface area (Å²) in [7, 11) is 0. The van der Waals surface area contributed by atoms with E-state index < -0.39 is 0 Å². The number of hydrogen-bond donors (Lipinski definition) is 1. The molecule has 1 amide bonds. The molecule has 1 aromatic heterocycles. The van der Waals surface area contributed by atoms with E-state index in [2.05, 4.69) is 10.3 Å². The van der Waals surface area contributed by atoms with Crippen molar-refractivity contribution in [2.45, 2.75) is 26.4 Å². The third kappa shape index (κ3) is 4.33. The van der Waals surface area contributed by atoms with E-state index in [-0.39, 0.29) is 12.0 Å². The van der Waals surface area contributed by atoms with Gasteiger partial charge in [-0.2, -0.15) is 0 Å². The fourth-order valence-electron chi connectivity index (χ4n) is 2.30. The molecule has 1 N–H and O–H groups in total. The number of fused-ring (bicyclic) bond motifs is 1. The molecule has 0 saturated heterocycles. The SMILES string of the molecule is CC(C)Oc1ccc(C(=O)Nc2cc3c(cc2Cl)OCCCO3)cn1. The van der Waals surface area contributed by atoms with Crippen molar-refractivity contribution in [3.8, 4) is 17.4 Å². The smallest absolute Gasteiger partial charge is 0.257 e. The topological polar surface area (TPSA) is 69.7 Å². The fraction of sp³-hybridized carbons (Fsp3) is 0.333. The first kappa shape index (κ1) is 17.4. The van der Waals surface area contributed by atoms with Gasteiger partial charge in [0.05, 0.1) is 35.6 Å². The summed E-state index contributed by atoms with van der Waals surface area (Å²) in [5.74, 6) is 1.30. The lowest BCUT2D eigenvalue weighted by molar-refractivity contribution is 0.102. The third-order valence-electron chi connectivity index (χ3n) is 3.44. The highest BCUT2D eigenvalue weighted by molar-refractivity contribution is 6.34. The van der Waals surface area contributed by atoms with Gasteiger partial charge in [0.1, 0.15) is 0 Å². The highest BCUT2D eigenvalue weighted by atomic mass is 35.5. The number of benzene rings is 1. The van der Waals surface area contributed by atoms with Crippen molar-refractivity contribution in [1.82, 2.24) is 4.98 Å². The number of halogens is 1. The van der Waals surface area contributed by atoms with Crippen LogP contribution in [0.2, 0.25) is 5.02 Å². The van der Waals surface area contributed by atoms with Crippen molar-refractivity contribution >= 4 is 23.2 Å². The molecular weight excluding hydrogens is 344 g/mol. The van der Waals surface area contributed by atoms with Gasteiger partial charge in [0.2, 0.25) is 5.88 Å². The van der Waals surface area contributed by atoms with Gasteiger partial charge < -0.3 is 19.5 Å². The monoisotopic (exact) mass is 362 g/mol. The maximum atomic E-state index is 12.4. The van der Waals surface area contributed by atoms with Crippen molar-refractivity contribution in [2.24, 2.45) is 0 Å². The Morgan fingerprint density at radius 2 is 1.96 bits per heavy atom. The summed E-state index contributed by atoms with van der Waals surface area (Å²) < 4.78 is 16.7. The van der Waals surface area contributed by atoms with Gasteiger partial charge in [0, 0.05) is 30.8 Å². The quantitative estimate of drug-likeness (QED) is 0.892. The van der Waals surface area contributed by atoms with Gasteiger partial charge in [0.25, 0.3) is 5.91 Å². The Hall–Kier alpha value is -2.47. The fourth-order valence-corrected chi connectivity index (χ4v) is 2.50. The zero-order chi connectivity index (χ0) is 17.8. The van der Waals surface area contributed by atoms with Crippen LogP contribution in [0.3, 0.4) is 0 Å². The molecular formula is C18H19ClN2O4. The molecule has 0 spiro atoms. The van der Waals surface area contributed by atoms with Crippen molar-refractivity contribution in [1.29, 1.82) is 0 Å². The number of ether oxygens (including phenoxy) is 3. The van der Waals surface area contributed by atoms with Crippen molar-refractivity contribution in [3.05, 3.63) is 41.0 Å². The average Bonchev–Trinajstić information content (AvgIpc) is 2.80. The molecule has 0 saturated carbocycles.